The molecule has 102 valence electrons. The summed E-state index contributed by atoms with van der Waals surface area (Å²) in [4.78, 5) is 0.169. The Morgan fingerprint density at radius 3 is 2.44 bits per heavy atom. The molecule has 6 nitrogen and oxygen atoms in total. The van der Waals surface area contributed by atoms with E-state index in [0.717, 1.165) is 25.9 Å². The molecule has 1 fully saturated rings. The van der Waals surface area contributed by atoms with Crippen LogP contribution in [0.25, 0.3) is 0 Å². The van der Waals surface area contributed by atoms with E-state index in [1.54, 1.807) is 13.8 Å². The number of aryl methyl sites for hydroxylation is 2. The van der Waals surface area contributed by atoms with Gasteiger partial charge in [-0.25, -0.2) is 13.1 Å². The topological polar surface area (TPSA) is 84.2 Å². The molecule has 0 saturated carbocycles. The zero-order valence-corrected chi connectivity index (χ0v) is 11.7. The molecule has 2 rings (SSSR count). The minimum Gasteiger partial charge on any atom is -0.360 e. The first-order valence-electron chi connectivity index (χ1n) is 6.02. The summed E-state index contributed by atoms with van der Waals surface area (Å²) in [5.74, 6) is 0.331. The van der Waals surface area contributed by atoms with Crippen LogP contribution in [0.15, 0.2) is 9.42 Å². The van der Waals surface area contributed by atoms with Crippen LogP contribution in [0.4, 0.5) is 0 Å². The molecule has 1 aromatic heterocycles. The van der Waals surface area contributed by atoms with E-state index in [-0.39, 0.29) is 4.90 Å². The Kier molecular flexibility index (Phi) is 3.48. The number of sulfonamides is 1. The van der Waals surface area contributed by atoms with Crippen LogP contribution in [0.3, 0.4) is 0 Å². The fourth-order valence-electron chi connectivity index (χ4n) is 2.31. The summed E-state index contributed by atoms with van der Waals surface area (Å²) in [5, 5.41) is 6.91. The SMILES string of the molecule is Cc1noc(C)c1S(=O)(=O)NC1(C)CCNCC1. The molecule has 2 heterocycles. The molecule has 1 aliphatic rings. The van der Waals surface area contributed by atoms with Crippen molar-refractivity contribution in [2.45, 2.75) is 44.0 Å². The van der Waals surface area contributed by atoms with Crippen LogP contribution < -0.4 is 10.0 Å². The molecule has 0 radical (unpaired) electrons. The minimum atomic E-state index is -3.57. The van der Waals surface area contributed by atoms with Gasteiger partial charge in [-0.05, 0) is 46.7 Å². The number of hydrogen-bond donors (Lipinski definition) is 2. The van der Waals surface area contributed by atoms with Gasteiger partial charge in [0.2, 0.25) is 10.0 Å². The van der Waals surface area contributed by atoms with Crippen molar-refractivity contribution in [3.05, 3.63) is 11.5 Å². The van der Waals surface area contributed by atoms with E-state index in [4.69, 9.17) is 4.52 Å². The number of nitrogens with one attached hydrogen (secondary N) is 2. The van der Waals surface area contributed by atoms with Crippen molar-refractivity contribution >= 4 is 10.0 Å². The first-order valence-corrected chi connectivity index (χ1v) is 7.50. The van der Waals surface area contributed by atoms with Crippen molar-refractivity contribution in [1.82, 2.24) is 15.2 Å². The molecule has 0 unspecified atom stereocenters. The highest BCUT2D eigenvalue weighted by molar-refractivity contribution is 7.89. The number of rotatable bonds is 3. The van der Waals surface area contributed by atoms with E-state index in [2.05, 4.69) is 15.2 Å². The largest absolute Gasteiger partial charge is 0.360 e. The van der Waals surface area contributed by atoms with Crippen molar-refractivity contribution in [2.75, 3.05) is 13.1 Å². The summed E-state index contributed by atoms with van der Waals surface area (Å²) in [6.07, 6.45) is 1.55. The second kappa shape index (κ2) is 4.64. The van der Waals surface area contributed by atoms with Gasteiger partial charge in [0.1, 0.15) is 10.6 Å². The predicted octanol–water partition coefficient (Wildman–Crippen LogP) is 0.712. The fraction of sp³-hybridized carbons (Fsp3) is 0.727. The molecule has 0 aromatic carbocycles. The number of aromatic nitrogens is 1. The zero-order valence-electron chi connectivity index (χ0n) is 10.9. The van der Waals surface area contributed by atoms with Gasteiger partial charge in [0, 0.05) is 5.54 Å². The van der Waals surface area contributed by atoms with Crippen molar-refractivity contribution < 1.29 is 12.9 Å². The molecule has 0 aliphatic carbocycles. The maximum atomic E-state index is 12.4. The average Bonchev–Trinajstić information content (AvgIpc) is 2.58. The highest BCUT2D eigenvalue weighted by atomic mass is 32.2. The Bertz CT molecular complexity index is 510. The van der Waals surface area contributed by atoms with Crippen LogP contribution in [0.5, 0.6) is 0 Å². The molecule has 1 aromatic rings. The summed E-state index contributed by atoms with van der Waals surface area (Å²) >= 11 is 0. The van der Waals surface area contributed by atoms with Crippen LogP contribution in [-0.4, -0.2) is 32.2 Å². The third-order valence-corrected chi connectivity index (χ3v) is 5.21. The van der Waals surface area contributed by atoms with Crippen molar-refractivity contribution in [1.29, 1.82) is 0 Å². The molecule has 0 atom stereocenters. The van der Waals surface area contributed by atoms with Gasteiger partial charge in [-0.3, -0.25) is 0 Å². The molecule has 0 amide bonds. The number of piperidine rings is 1. The summed E-state index contributed by atoms with van der Waals surface area (Å²) in [6, 6.07) is 0. The average molecular weight is 273 g/mol. The summed E-state index contributed by atoms with van der Waals surface area (Å²) in [7, 11) is -3.57. The Morgan fingerprint density at radius 2 is 1.94 bits per heavy atom. The monoisotopic (exact) mass is 273 g/mol. The number of nitrogens with zero attached hydrogens (tertiary/aromatic N) is 1. The van der Waals surface area contributed by atoms with Crippen LogP contribution in [0.1, 0.15) is 31.2 Å². The van der Waals surface area contributed by atoms with Crippen LogP contribution in [0.2, 0.25) is 0 Å². The van der Waals surface area contributed by atoms with Crippen molar-refractivity contribution in [3.63, 3.8) is 0 Å². The Hall–Kier alpha value is -0.920. The Morgan fingerprint density at radius 1 is 1.33 bits per heavy atom. The summed E-state index contributed by atoms with van der Waals surface area (Å²) in [6.45, 7) is 6.82. The van der Waals surface area contributed by atoms with Gasteiger partial charge in [0.25, 0.3) is 0 Å². The molecule has 2 N–H and O–H groups in total. The normalized spacial score (nSPS) is 19.9. The maximum absolute atomic E-state index is 12.4. The van der Waals surface area contributed by atoms with Gasteiger partial charge in [-0.15, -0.1) is 0 Å². The van der Waals surface area contributed by atoms with Crippen LogP contribution in [0, 0.1) is 13.8 Å². The Balaban J connectivity index is 2.27. The number of hydrogen-bond acceptors (Lipinski definition) is 5. The fourth-order valence-corrected chi connectivity index (χ4v) is 4.11. The molecule has 0 bridgehead atoms. The van der Waals surface area contributed by atoms with Crippen LogP contribution in [-0.2, 0) is 10.0 Å². The van der Waals surface area contributed by atoms with Gasteiger partial charge >= 0.3 is 0 Å². The lowest BCUT2D eigenvalue weighted by molar-refractivity contribution is 0.307. The molecular formula is C11H19N3O3S. The van der Waals surface area contributed by atoms with Crippen LogP contribution >= 0.6 is 0 Å². The standard InChI is InChI=1S/C11H19N3O3S/c1-8-10(9(2)17-13-8)18(15,16)14-11(3)4-6-12-7-5-11/h12,14H,4-7H2,1-3H3. The molecule has 1 aliphatic heterocycles. The van der Waals surface area contributed by atoms with Gasteiger partial charge < -0.3 is 9.84 Å². The Labute approximate surface area is 107 Å². The summed E-state index contributed by atoms with van der Waals surface area (Å²) < 4.78 is 32.5. The van der Waals surface area contributed by atoms with E-state index >= 15 is 0 Å². The van der Waals surface area contributed by atoms with Crippen molar-refractivity contribution in [2.24, 2.45) is 0 Å². The molecule has 7 heteroatoms. The van der Waals surface area contributed by atoms with E-state index in [1.165, 1.54) is 0 Å². The van der Waals surface area contributed by atoms with E-state index in [1.807, 2.05) is 6.92 Å². The lowest BCUT2D eigenvalue weighted by Crippen LogP contribution is -2.52. The van der Waals surface area contributed by atoms with Crippen molar-refractivity contribution in [3.8, 4) is 0 Å². The maximum Gasteiger partial charge on any atom is 0.246 e. The molecule has 18 heavy (non-hydrogen) atoms. The third-order valence-electron chi connectivity index (χ3n) is 3.32. The van der Waals surface area contributed by atoms with Gasteiger partial charge in [0.15, 0.2) is 5.76 Å². The lowest BCUT2D eigenvalue weighted by Gasteiger charge is -2.34. The second-order valence-electron chi connectivity index (χ2n) is 5.07. The zero-order chi connectivity index (χ0) is 13.4. The summed E-state index contributed by atoms with van der Waals surface area (Å²) in [5.41, 5.74) is -0.00205. The minimum absolute atomic E-state index is 0.169. The lowest BCUT2D eigenvalue weighted by atomic mass is 9.92. The van der Waals surface area contributed by atoms with Gasteiger partial charge in [-0.1, -0.05) is 5.16 Å². The molecular weight excluding hydrogens is 254 g/mol. The van der Waals surface area contributed by atoms with Gasteiger partial charge in [0.05, 0.1) is 0 Å². The first kappa shape index (κ1) is 13.5. The smallest absolute Gasteiger partial charge is 0.246 e. The molecule has 1 saturated heterocycles. The first-order chi connectivity index (χ1) is 8.34. The third kappa shape index (κ3) is 2.57. The van der Waals surface area contributed by atoms with E-state index in [0.29, 0.717) is 11.5 Å². The van der Waals surface area contributed by atoms with E-state index in [9.17, 15) is 8.42 Å². The molecule has 0 spiro atoms. The predicted molar refractivity (Wildman–Crippen MR) is 66.8 cm³/mol. The quantitative estimate of drug-likeness (QED) is 0.847. The second-order valence-corrected chi connectivity index (χ2v) is 6.69. The van der Waals surface area contributed by atoms with E-state index < -0.39 is 15.6 Å². The highest BCUT2D eigenvalue weighted by Crippen LogP contribution is 2.24. The van der Waals surface area contributed by atoms with Gasteiger partial charge in [-0.2, -0.15) is 0 Å². The highest BCUT2D eigenvalue weighted by Gasteiger charge is 2.34.